The van der Waals surface area contributed by atoms with Crippen LogP contribution in [0.5, 0.6) is 5.75 Å². The minimum Gasteiger partial charge on any atom is -0.507 e. The van der Waals surface area contributed by atoms with Gasteiger partial charge in [-0.2, -0.15) is 0 Å². The highest BCUT2D eigenvalue weighted by molar-refractivity contribution is 5.97. The molecule has 0 saturated carbocycles. The Balaban J connectivity index is 2.25. The molecule has 21 heavy (non-hydrogen) atoms. The lowest BCUT2D eigenvalue weighted by atomic mass is 10.1. The van der Waals surface area contributed by atoms with E-state index in [0.29, 0.717) is 25.2 Å². The normalized spacial score (nSPS) is 10.4. The quantitative estimate of drug-likeness (QED) is 0.885. The number of nitrogens with two attached hydrogens (primary N) is 1. The highest BCUT2D eigenvalue weighted by Gasteiger charge is 2.18. The molecule has 2 aromatic rings. The van der Waals surface area contributed by atoms with Crippen LogP contribution in [-0.2, 0) is 6.54 Å². The molecule has 0 bridgehead atoms. The first-order valence-electron chi connectivity index (χ1n) is 6.94. The zero-order valence-electron chi connectivity index (χ0n) is 12.1. The lowest BCUT2D eigenvalue weighted by molar-refractivity contribution is 0.0745. The SMILES string of the molecule is Cc1ccc(O)c(C(=O)N(CCN)Cc2ccccc2)c1. The van der Waals surface area contributed by atoms with Crippen molar-refractivity contribution in [3.05, 3.63) is 65.2 Å². The maximum atomic E-state index is 12.6. The van der Waals surface area contributed by atoms with E-state index >= 15 is 0 Å². The van der Waals surface area contributed by atoms with Gasteiger partial charge in [-0.05, 0) is 24.6 Å². The maximum Gasteiger partial charge on any atom is 0.257 e. The van der Waals surface area contributed by atoms with Crippen molar-refractivity contribution in [1.82, 2.24) is 4.90 Å². The fourth-order valence-electron chi connectivity index (χ4n) is 2.20. The molecule has 0 aromatic heterocycles. The van der Waals surface area contributed by atoms with Gasteiger partial charge in [-0.3, -0.25) is 4.79 Å². The fourth-order valence-corrected chi connectivity index (χ4v) is 2.20. The summed E-state index contributed by atoms with van der Waals surface area (Å²) in [6, 6.07) is 14.8. The third-order valence-corrected chi connectivity index (χ3v) is 3.28. The van der Waals surface area contributed by atoms with Crippen molar-refractivity contribution in [2.45, 2.75) is 13.5 Å². The van der Waals surface area contributed by atoms with Crippen LogP contribution < -0.4 is 5.73 Å². The summed E-state index contributed by atoms with van der Waals surface area (Å²) in [6.07, 6.45) is 0. The fraction of sp³-hybridized carbons (Fsp3) is 0.235. The predicted molar refractivity (Wildman–Crippen MR) is 83.1 cm³/mol. The van der Waals surface area contributed by atoms with Crippen LogP contribution in [0.15, 0.2) is 48.5 Å². The average Bonchev–Trinajstić information content (AvgIpc) is 2.49. The molecule has 0 aliphatic carbocycles. The smallest absolute Gasteiger partial charge is 0.257 e. The van der Waals surface area contributed by atoms with Crippen molar-refractivity contribution < 1.29 is 9.90 Å². The number of phenolic OH excluding ortho intramolecular Hbond substituents is 1. The van der Waals surface area contributed by atoms with E-state index in [1.54, 1.807) is 23.1 Å². The summed E-state index contributed by atoms with van der Waals surface area (Å²) in [7, 11) is 0. The van der Waals surface area contributed by atoms with E-state index in [4.69, 9.17) is 5.73 Å². The van der Waals surface area contributed by atoms with Gasteiger partial charge in [0, 0.05) is 19.6 Å². The van der Waals surface area contributed by atoms with E-state index < -0.39 is 0 Å². The number of nitrogens with zero attached hydrogens (tertiary/aromatic N) is 1. The molecule has 0 aliphatic rings. The van der Waals surface area contributed by atoms with Crippen LogP contribution in [0.2, 0.25) is 0 Å². The van der Waals surface area contributed by atoms with Crippen LogP contribution in [-0.4, -0.2) is 29.0 Å². The molecule has 2 rings (SSSR count). The lowest BCUT2D eigenvalue weighted by Crippen LogP contribution is -2.35. The van der Waals surface area contributed by atoms with Gasteiger partial charge in [-0.25, -0.2) is 0 Å². The molecule has 4 heteroatoms. The van der Waals surface area contributed by atoms with E-state index in [-0.39, 0.29) is 11.7 Å². The van der Waals surface area contributed by atoms with E-state index in [1.807, 2.05) is 37.3 Å². The van der Waals surface area contributed by atoms with E-state index in [9.17, 15) is 9.90 Å². The number of hydrogen-bond acceptors (Lipinski definition) is 3. The highest BCUT2D eigenvalue weighted by Crippen LogP contribution is 2.21. The Morgan fingerprint density at radius 3 is 2.57 bits per heavy atom. The van der Waals surface area contributed by atoms with Gasteiger partial charge in [-0.15, -0.1) is 0 Å². The monoisotopic (exact) mass is 284 g/mol. The number of rotatable bonds is 5. The van der Waals surface area contributed by atoms with Crippen molar-refractivity contribution in [3.63, 3.8) is 0 Å². The Labute approximate surface area is 124 Å². The summed E-state index contributed by atoms with van der Waals surface area (Å²) in [5.74, 6) is -0.203. The lowest BCUT2D eigenvalue weighted by Gasteiger charge is -2.23. The molecule has 0 saturated heterocycles. The molecule has 0 aliphatic heterocycles. The standard InChI is InChI=1S/C17H20N2O2/c1-13-7-8-16(20)15(11-13)17(21)19(10-9-18)12-14-5-3-2-4-6-14/h2-8,11,20H,9-10,12,18H2,1H3. The molecule has 3 N–H and O–H groups in total. The van der Waals surface area contributed by atoms with Gasteiger partial charge in [-0.1, -0.05) is 42.0 Å². The summed E-state index contributed by atoms with van der Waals surface area (Å²) in [6.45, 7) is 3.19. The van der Waals surface area contributed by atoms with Gasteiger partial charge in [0.25, 0.3) is 5.91 Å². The Kier molecular flexibility index (Phi) is 4.95. The first-order chi connectivity index (χ1) is 10.1. The Morgan fingerprint density at radius 2 is 1.90 bits per heavy atom. The van der Waals surface area contributed by atoms with Crippen molar-refractivity contribution in [2.24, 2.45) is 5.73 Å². The largest absolute Gasteiger partial charge is 0.507 e. The van der Waals surface area contributed by atoms with Crippen LogP contribution in [0, 0.1) is 6.92 Å². The molecule has 0 fully saturated rings. The summed E-state index contributed by atoms with van der Waals surface area (Å²) < 4.78 is 0. The van der Waals surface area contributed by atoms with Gasteiger partial charge < -0.3 is 15.7 Å². The average molecular weight is 284 g/mol. The Hall–Kier alpha value is -2.33. The zero-order valence-corrected chi connectivity index (χ0v) is 12.1. The molecule has 0 spiro atoms. The second-order valence-corrected chi connectivity index (χ2v) is 5.02. The number of carbonyl (C=O) groups excluding carboxylic acids is 1. The first kappa shape index (κ1) is 15.1. The number of aromatic hydroxyl groups is 1. The number of phenols is 1. The van der Waals surface area contributed by atoms with Crippen LogP contribution in [0.4, 0.5) is 0 Å². The Bertz CT molecular complexity index is 611. The van der Waals surface area contributed by atoms with Crippen molar-refractivity contribution >= 4 is 5.91 Å². The summed E-state index contributed by atoms with van der Waals surface area (Å²) in [5, 5.41) is 9.91. The summed E-state index contributed by atoms with van der Waals surface area (Å²) >= 11 is 0. The number of hydrogen-bond donors (Lipinski definition) is 2. The molecule has 0 heterocycles. The van der Waals surface area contributed by atoms with Crippen LogP contribution >= 0.6 is 0 Å². The molecular formula is C17H20N2O2. The number of benzene rings is 2. The molecule has 4 nitrogen and oxygen atoms in total. The van der Waals surface area contributed by atoms with Gasteiger partial charge in [0.15, 0.2) is 0 Å². The number of aryl methyl sites for hydroxylation is 1. The molecule has 2 aromatic carbocycles. The minimum atomic E-state index is -0.203. The van der Waals surface area contributed by atoms with Gasteiger partial charge in [0.2, 0.25) is 0 Å². The second kappa shape index (κ2) is 6.90. The maximum absolute atomic E-state index is 12.6. The second-order valence-electron chi connectivity index (χ2n) is 5.02. The van der Waals surface area contributed by atoms with Gasteiger partial charge in [0.1, 0.15) is 5.75 Å². The highest BCUT2D eigenvalue weighted by atomic mass is 16.3. The molecule has 110 valence electrons. The van der Waals surface area contributed by atoms with Crippen LogP contribution in [0.25, 0.3) is 0 Å². The molecule has 0 unspecified atom stereocenters. The topological polar surface area (TPSA) is 66.6 Å². The first-order valence-corrected chi connectivity index (χ1v) is 6.94. The third-order valence-electron chi connectivity index (χ3n) is 3.28. The molecule has 1 amide bonds. The van der Waals surface area contributed by atoms with E-state index in [1.165, 1.54) is 0 Å². The minimum absolute atomic E-state index is 0.000633. The summed E-state index contributed by atoms with van der Waals surface area (Å²) in [4.78, 5) is 14.3. The number of carbonyl (C=O) groups is 1. The van der Waals surface area contributed by atoms with E-state index in [0.717, 1.165) is 11.1 Å². The van der Waals surface area contributed by atoms with E-state index in [2.05, 4.69) is 0 Å². The molecule has 0 atom stereocenters. The van der Waals surface area contributed by atoms with Crippen molar-refractivity contribution in [1.29, 1.82) is 0 Å². The van der Waals surface area contributed by atoms with Gasteiger partial charge >= 0.3 is 0 Å². The van der Waals surface area contributed by atoms with Crippen molar-refractivity contribution in [2.75, 3.05) is 13.1 Å². The predicted octanol–water partition coefficient (Wildman–Crippen LogP) is 2.30. The zero-order chi connectivity index (χ0) is 15.2. The number of amides is 1. The van der Waals surface area contributed by atoms with Crippen LogP contribution in [0.1, 0.15) is 21.5 Å². The summed E-state index contributed by atoms with van der Waals surface area (Å²) in [5.41, 5.74) is 7.90. The van der Waals surface area contributed by atoms with Crippen molar-refractivity contribution in [3.8, 4) is 5.75 Å². The van der Waals surface area contributed by atoms with Gasteiger partial charge in [0.05, 0.1) is 5.56 Å². The third kappa shape index (κ3) is 3.83. The molecular weight excluding hydrogens is 264 g/mol. The Morgan fingerprint density at radius 1 is 1.19 bits per heavy atom. The van der Waals surface area contributed by atoms with Crippen LogP contribution in [0.3, 0.4) is 0 Å². The molecule has 0 radical (unpaired) electrons.